The minimum Gasteiger partial charge on any atom is -0.477 e. The second-order valence-corrected chi connectivity index (χ2v) is 5.12. The van der Waals surface area contributed by atoms with E-state index in [0.717, 1.165) is 6.42 Å². The molecule has 0 aliphatic carbocycles. The SMILES string of the molecule is CCCCOc1nc(N(C)c2ccc(F)cc2)ncc1C(F)(F)F. The molecule has 0 fully saturated rings. The molecule has 0 spiro atoms. The lowest BCUT2D eigenvalue weighted by molar-refractivity contribution is -0.139. The number of hydrogen-bond acceptors (Lipinski definition) is 4. The van der Waals surface area contributed by atoms with Gasteiger partial charge in [-0.2, -0.15) is 18.2 Å². The van der Waals surface area contributed by atoms with Gasteiger partial charge in [0.2, 0.25) is 11.8 Å². The molecule has 0 N–H and O–H groups in total. The van der Waals surface area contributed by atoms with Gasteiger partial charge in [-0.05, 0) is 30.7 Å². The number of ether oxygens (including phenoxy) is 1. The van der Waals surface area contributed by atoms with Gasteiger partial charge in [0.05, 0.1) is 6.61 Å². The summed E-state index contributed by atoms with van der Waals surface area (Å²) in [7, 11) is 1.58. The Balaban J connectivity index is 2.33. The van der Waals surface area contributed by atoms with E-state index in [-0.39, 0.29) is 12.6 Å². The molecule has 2 rings (SSSR count). The van der Waals surface area contributed by atoms with Crippen LogP contribution in [0.3, 0.4) is 0 Å². The topological polar surface area (TPSA) is 38.2 Å². The van der Waals surface area contributed by atoms with Crippen LogP contribution in [0.1, 0.15) is 25.3 Å². The summed E-state index contributed by atoms with van der Waals surface area (Å²) in [4.78, 5) is 9.09. The number of halogens is 4. The molecule has 2 aromatic rings. The lowest BCUT2D eigenvalue weighted by Gasteiger charge is -2.19. The minimum atomic E-state index is -4.60. The van der Waals surface area contributed by atoms with Crippen LogP contribution in [0.2, 0.25) is 0 Å². The third kappa shape index (κ3) is 4.33. The first-order chi connectivity index (χ1) is 11.3. The fraction of sp³-hybridized carbons (Fsp3) is 0.375. The summed E-state index contributed by atoms with van der Waals surface area (Å²) in [5.41, 5.74) is -0.481. The van der Waals surface area contributed by atoms with Crippen LogP contribution in [0.4, 0.5) is 29.2 Å². The largest absolute Gasteiger partial charge is 0.477 e. The summed E-state index contributed by atoms with van der Waals surface area (Å²) >= 11 is 0. The first-order valence-corrected chi connectivity index (χ1v) is 7.39. The van der Waals surface area contributed by atoms with Crippen molar-refractivity contribution in [3.05, 3.63) is 41.8 Å². The van der Waals surface area contributed by atoms with E-state index in [9.17, 15) is 17.6 Å². The van der Waals surface area contributed by atoms with Gasteiger partial charge in [-0.15, -0.1) is 0 Å². The van der Waals surface area contributed by atoms with Crippen molar-refractivity contribution < 1.29 is 22.3 Å². The Labute approximate surface area is 137 Å². The molecule has 4 nitrogen and oxygen atoms in total. The Morgan fingerprint density at radius 1 is 1.17 bits per heavy atom. The predicted octanol–water partition coefficient (Wildman–Crippen LogP) is 4.58. The Morgan fingerprint density at radius 3 is 2.42 bits per heavy atom. The highest BCUT2D eigenvalue weighted by Gasteiger charge is 2.36. The zero-order chi connectivity index (χ0) is 17.7. The van der Waals surface area contributed by atoms with E-state index in [1.807, 2.05) is 6.92 Å². The monoisotopic (exact) mass is 343 g/mol. The third-order valence-corrected chi connectivity index (χ3v) is 3.30. The third-order valence-electron chi connectivity index (χ3n) is 3.30. The van der Waals surface area contributed by atoms with E-state index in [1.165, 1.54) is 29.2 Å². The quantitative estimate of drug-likeness (QED) is 0.568. The molecule has 0 bridgehead atoms. The van der Waals surface area contributed by atoms with Gasteiger partial charge in [0.25, 0.3) is 0 Å². The van der Waals surface area contributed by atoms with Gasteiger partial charge >= 0.3 is 6.18 Å². The molecule has 24 heavy (non-hydrogen) atoms. The normalized spacial score (nSPS) is 11.4. The summed E-state index contributed by atoms with van der Waals surface area (Å²) in [6, 6.07) is 5.45. The molecule has 0 atom stereocenters. The predicted molar refractivity (Wildman–Crippen MR) is 81.9 cm³/mol. The van der Waals surface area contributed by atoms with E-state index in [2.05, 4.69) is 9.97 Å². The molecule has 8 heteroatoms. The first-order valence-electron chi connectivity index (χ1n) is 7.39. The maximum Gasteiger partial charge on any atom is 0.423 e. The summed E-state index contributed by atoms with van der Waals surface area (Å²) in [6.07, 6.45) is -2.50. The van der Waals surface area contributed by atoms with Crippen LogP contribution >= 0.6 is 0 Å². The summed E-state index contributed by atoms with van der Waals surface area (Å²) in [6.45, 7) is 2.04. The Kier molecular flexibility index (Phi) is 5.58. The summed E-state index contributed by atoms with van der Waals surface area (Å²) < 4.78 is 57.3. The molecule has 1 aromatic heterocycles. The number of anilines is 2. The van der Waals surface area contributed by atoms with Crippen molar-refractivity contribution in [2.75, 3.05) is 18.6 Å². The van der Waals surface area contributed by atoms with Gasteiger partial charge in [-0.3, -0.25) is 0 Å². The van der Waals surface area contributed by atoms with Crippen LogP contribution in [0.25, 0.3) is 0 Å². The zero-order valence-electron chi connectivity index (χ0n) is 13.3. The minimum absolute atomic E-state index is 0.0288. The molecule has 0 aliphatic heterocycles. The van der Waals surface area contributed by atoms with Crippen LogP contribution < -0.4 is 9.64 Å². The van der Waals surface area contributed by atoms with Gasteiger partial charge in [0.1, 0.15) is 11.4 Å². The number of alkyl halides is 3. The zero-order valence-corrected chi connectivity index (χ0v) is 13.3. The fourth-order valence-corrected chi connectivity index (χ4v) is 1.92. The van der Waals surface area contributed by atoms with Crippen LogP contribution in [0, 0.1) is 5.82 Å². The van der Waals surface area contributed by atoms with Gasteiger partial charge < -0.3 is 9.64 Å². The maximum atomic E-state index is 13.0. The Bertz CT molecular complexity index is 674. The van der Waals surface area contributed by atoms with E-state index < -0.39 is 23.4 Å². The molecule has 1 aromatic carbocycles. The highest BCUT2D eigenvalue weighted by atomic mass is 19.4. The average Bonchev–Trinajstić information content (AvgIpc) is 2.54. The van der Waals surface area contributed by atoms with Crippen molar-refractivity contribution in [2.45, 2.75) is 25.9 Å². The smallest absolute Gasteiger partial charge is 0.423 e. The van der Waals surface area contributed by atoms with Crippen LogP contribution in [-0.2, 0) is 6.18 Å². The molecular weight excluding hydrogens is 326 g/mol. The lowest BCUT2D eigenvalue weighted by atomic mass is 10.3. The number of benzene rings is 1. The van der Waals surface area contributed by atoms with Crippen LogP contribution in [-0.4, -0.2) is 23.6 Å². The number of unbranched alkanes of at least 4 members (excludes halogenated alkanes) is 1. The molecule has 0 saturated heterocycles. The summed E-state index contributed by atoms with van der Waals surface area (Å²) in [5, 5.41) is 0. The molecule has 0 amide bonds. The van der Waals surface area contributed by atoms with E-state index in [4.69, 9.17) is 4.74 Å². The standard InChI is InChI=1S/C16H17F4N3O/c1-3-4-9-24-14-13(16(18,19)20)10-21-15(22-14)23(2)12-7-5-11(17)6-8-12/h5-8,10H,3-4,9H2,1-2H3. The second kappa shape index (κ2) is 7.46. The van der Waals surface area contributed by atoms with Crippen LogP contribution in [0.15, 0.2) is 30.5 Å². The first kappa shape index (κ1) is 18.0. The molecule has 0 aliphatic rings. The summed E-state index contributed by atoms with van der Waals surface area (Å²) in [5.74, 6) is -0.889. The molecule has 0 saturated carbocycles. The Morgan fingerprint density at radius 2 is 1.83 bits per heavy atom. The molecule has 0 unspecified atom stereocenters. The van der Waals surface area contributed by atoms with Gasteiger partial charge in [0.15, 0.2) is 0 Å². The Hall–Kier alpha value is -2.38. The van der Waals surface area contributed by atoms with Gasteiger partial charge in [0, 0.05) is 18.9 Å². The number of nitrogens with zero attached hydrogens (tertiary/aromatic N) is 3. The average molecular weight is 343 g/mol. The van der Waals surface area contributed by atoms with E-state index in [1.54, 1.807) is 7.05 Å². The van der Waals surface area contributed by atoms with Crippen molar-refractivity contribution in [2.24, 2.45) is 0 Å². The number of hydrogen-bond donors (Lipinski definition) is 0. The van der Waals surface area contributed by atoms with Crippen molar-refractivity contribution in [3.8, 4) is 5.88 Å². The highest BCUT2D eigenvalue weighted by Crippen LogP contribution is 2.36. The fourth-order valence-electron chi connectivity index (χ4n) is 1.92. The van der Waals surface area contributed by atoms with Crippen molar-refractivity contribution in [1.82, 2.24) is 9.97 Å². The van der Waals surface area contributed by atoms with E-state index in [0.29, 0.717) is 18.3 Å². The molecule has 0 radical (unpaired) electrons. The van der Waals surface area contributed by atoms with Crippen LogP contribution in [0.5, 0.6) is 5.88 Å². The lowest BCUT2D eigenvalue weighted by Crippen LogP contribution is -2.17. The van der Waals surface area contributed by atoms with Crippen molar-refractivity contribution in [1.29, 1.82) is 0 Å². The second-order valence-electron chi connectivity index (χ2n) is 5.12. The number of rotatable bonds is 6. The van der Waals surface area contributed by atoms with Crippen molar-refractivity contribution >= 4 is 11.6 Å². The van der Waals surface area contributed by atoms with E-state index >= 15 is 0 Å². The maximum absolute atomic E-state index is 13.0. The molecule has 1 heterocycles. The molecular formula is C16H17F4N3O. The molecule has 130 valence electrons. The highest BCUT2D eigenvalue weighted by molar-refractivity contribution is 5.56. The van der Waals surface area contributed by atoms with Gasteiger partial charge in [-0.25, -0.2) is 9.37 Å². The van der Waals surface area contributed by atoms with Crippen molar-refractivity contribution in [3.63, 3.8) is 0 Å². The van der Waals surface area contributed by atoms with Gasteiger partial charge in [-0.1, -0.05) is 13.3 Å². The number of aromatic nitrogens is 2.